The molecule has 2 aromatic carbocycles. The normalized spacial score (nSPS) is 15.6. The summed E-state index contributed by atoms with van der Waals surface area (Å²) in [5, 5.41) is 4.69. The third kappa shape index (κ3) is 3.65. The van der Waals surface area contributed by atoms with Crippen LogP contribution in [0.3, 0.4) is 0 Å². The average Bonchev–Trinajstić information content (AvgIpc) is 3.03. The molecule has 0 spiro atoms. The second-order valence-corrected chi connectivity index (χ2v) is 9.05. The minimum atomic E-state index is -3.62. The summed E-state index contributed by atoms with van der Waals surface area (Å²) < 4.78 is 42.2. The fourth-order valence-electron chi connectivity index (χ4n) is 3.82. The van der Waals surface area contributed by atoms with Crippen molar-refractivity contribution in [1.82, 2.24) is 14.1 Å². The summed E-state index contributed by atoms with van der Waals surface area (Å²) in [7, 11) is -3.62. The van der Waals surface area contributed by atoms with E-state index in [1.54, 1.807) is 0 Å². The number of benzene rings is 2. The Morgan fingerprint density at radius 3 is 2.14 bits per heavy atom. The highest BCUT2D eigenvalue weighted by molar-refractivity contribution is 7.89. The van der Waals surface area contributed by atoms with E-state index in [0.29, 0.717) is 26.2 Å². The molecule has 1 aliphatic rings. The molecular weight excluding hydrogens is 391 g/mol. The highest BCUT2D eigenvalue weighted by Crippen LogP contribution is 2.28. The molecule has 8 heteroatoms. The van der Waals surface area contributed by atoms with Crippen LogP contribution in [0.2, 0.25) is 0 Å². The first-order valence-corrected chi connectivity index (χ1v) is 10.9. The van der Waals surface area contributed by atoms with Gasteiger partial charge in [0.05, 0.1) is 27.7 Å². The quantitative estimate of drug-likeness (QED) is 0.658. The first-order valence-electron chi connectivity index (χ1n) is 9.50. The van der Waals surface area contributed by atoms with Crippen LogP contribution in [-0.4, -0.2) is 48.7 Å². The van der Waals surface area contributed by atoms with Crippen molar-refractivity contribution in [1.29, 1.82) is 0 Å². The van der Waals surface area contributed by atoms with Gasteiger partial charge in [-0.3, -0.25) is 0 Å². The summed E-state index contributed by atoms with van der Waals surface area (Å²) >= 11 is 0. The molecule has 0 radical (unpaired) electrons. The number of aryl methyl sites for hydroxylation is 1. The van der Waals surface area contributed by atoms with E-state index in [0.717, 1.165) is 22.8 Å². The van der Waals surface area contributed by atoms with E-state index in [9.17, 15) is 12.8 Å². The highest BCUT2D eigenvalue weighted by atomic mass is 32.2. The van der Waals surface area contributed by atoms with Crippen LogP contribution in [0.4, 0.5) is 10.1 Å². The van der Waals surface area contributed by atoms with Crippen LogP contribution >= 0.6 is 0 Å². The van der Waals surface area contributed by atoms with Crippen molar-refractivity contribution in [3.8, 4) is 5.69 Å². The average molecular weight is 415 g/mol. The molecule has 0 unspecified atom stereocenters. The van der Waals surface area contributed by atoms with Gasteiger partial charge in [0, 0.05) is 26.2 Å². The number of sulfonamides is 1. The molecule has 0 aliphatic carbocycles. The number of rotatable bonds is 4. The van der Waals surface area contributed by atoms with Crippen molar-refractivity contribution < 1.29 is 12.8 Å². The van der Waals surface area contributed by atoms with Crippen LogP contribution < -0.4 is 4.90 Å². The van der Waals surface area contributed by atoms with Gasteiger partial charge in [0.15, 0.2) is 0 Å². The van der Waals surface area contributed by atoms with E-state index in [-0.39, 0.29) is 4.90 Å². The van der Waals surface area contributed by atoms with Crippen LogP contribution in [-0.2, 0) is 10.0 Å². The minimum Gasteiger partial charge on any atom is -0.366 e. The largest absolute Gasteiger partial charge is 0.366 e. The SMILES string of the molecule is Cc1nn(-c2ccccc2)c(C)c1N1CCN(S(=O)(=O)c2ccc(F)cc2)CC1. The van der Waals surface area contributed by atoms with Gasteiger partial charge in [-0.15, -0.1) is 0 Å². The molecule has 1 aromatic heterocycles. The van der Waals surface area contributed by atoms with Crippen LogP contribution in [0, 0.1) is 19.7 Å². The molecule has 1 fully saturated rings. The Kier molecular flexibility index (Phi) is 5.14. The first-order chi connectivity index (χ1) is 13.9. The zero-order valence-electron chi connectivity index (χ0n) is 16.4. The number of halogens is 1. The number of hydrogen-bond donors (Lipinski definition) is 0. The lowest BCUT2D eigenvalue weighted by Crippen LogP contribution is -2.49. The molecule has 152 valence electrons. The second-order valence-electron chi connectivity index (χ2n) is 7.11. The summed E-state index contributed by atoms with van der Waals surface area (Å²) in [5.74, 6) is -0.449. The maximum Gasteiger partial charge on any atom is 0.243 e. The Hall–Kier alpha value is -2.71. The van der Waals surface area contributed by atoms with E-state index in [1.165, 1.54) is 28.6 Å². The van der Waals surface area contributed by atoms with Crippen molar-refractivity contribution in [2.75, 3.05) is 31.1 Å². The molecular formula is C21H23FN4O2S. The van der Waals surface area contributed by atoms with Crippen molar-refractivity contribution in [2.45, 2.75) is 18.7 Å². The van der Waals surface area contributed by atoms with E-state index in [2.05, 4.69) is 10.00 Å². The topological polar surface area (TPSA) is 58.4 Å². The van der Waals surface area contributed by atoms with Crippen molar-refractivity contribution in [3.05, 3.63) is 71.8 Å². The number of nitrogens with zero attached hydrogens (tertiary/aromatic N) is 4. The zero-order chi connectivity index (χ0) is 20.6. The molecule has 0 amide bonds. The predicted octanol–water partition coefficient (Wildman–Crippen LogP) is 3.14. The lowest BCUT2D eigenvalue weighted by molar-refractivity contribution is 0.384. The van der Waals surface area contributed by atoms with Gasteiger partial charge in [0.25, 0.3) is 0 Å². The Morgan fingerprint density at radius 1 is 0.897 bits per heavy atom. The molecule has 2 heterocycles. The monoisotopic (exact) mass is 414 g/mol. The lowest BCUT2D eigenvalue weighted by Gasteiger charge is -2.35. The van der Waals surface area contributed by atoms with Gasteiger partial charge in [-0.1, -0.05) is 18.2 Å². The Morgan fingerprint density at radius 2 is 1.52 bits per heavy atom. The van der Waals surface area contributed by atoms with Crippen LogP contribution in [0.5, 0.6) is 0 Å². The van der Waals surface area contributed by atoms with E-state index in [1.807, 2.05) is 48.9 Å². The standard InChI is InChI=1S/C21H23FN4O2S/c1-16-21(17(2)26(23-16)19-6-4-3-5-7-19)24-12-14-25(15-13-24)29(27,28)20-10-8-18(22)9-11-20/h3-11H,12-15H2,1-2H3. The van der Waals surface area contributed by atoms with E-state index >= 15 is 0 Å². The van der Waals surface area contributed by atoms with Crippen LogP contribution in [0.15, 0.2) is 59.5 Å². The molecule has 29 heavy (non-hydrogen) atoms. The third-order valence-electron chi connectivity index (χ3n) is 5.26. The van der Waals surface area contributed by atoms with Crippen LogP contribution in [0.25, 0.3) is 5.69 Å². The molecule has 4 rings (SSSR count). The molecule has 3 aromatic rings. The Bertz CT molecular complexity index is 1100. The number of anilines is 1. The van der Waals surface area contributed by atoms with Gasteiger partial charge in [-0.05, 0) is 50.2 Å². The fraction of sp³-hybridized carbons (Fsp3) is 0.286. The zero-order valence-corrected chi connectivity index (χ0v) is 17.2. The Labute approximate surface area is 170 Å². The van der Waals surface area contributed by atoms with Gasteiger partial charge in [0.2, 0.25) is 10.0 Å². The molecule has 0 N–H and O–H groups in total. The first kappa shape index (κ1) is 19.6. The maximum absolute atomic E-state index is 13.1. The predicted molar refractivity (Wildman–Crippen MR) is 110 cm³/mol. The lowest BCUT2D eigenvalue weighted by atomic mass is 10.2. The summed E-state index contributed by atoms with van der Waals surface area (Å²) in [5.41, 5.74) is 3.99. The third-order valence-corrected chi connectivity index (χ3v) is 7.17. The summed E-state index contributed by atoms with van der Waals surface area (Å²) in [6.07, 6.45) is 0. The second kappa shape index (κ2) is 7.61. The van der Waals surface area contributed by atoms with Crippen LogP contribution in [0.1, 0.15) is 11.4 Å². The molecule has 0 saturated carbocycles. The maximum atomic E-state index is 13.1. The van der Waals surface area contributed by atoms with E-state index in [4.69, 9.17) is 0 Å². The molecule has 0 atom stereocenters. The number of para-hydroxylation sites is 1. The van der Waals surface area contributed by atoms with Gasteiger partial charge in [-0.2, -0.15) is 9.40 Å². The number of aromatic nitrogens is 2. The van der Waals surface area contributed by atoms with Gasteiger partial charge in [0.1, 0.15) is 5.82 Å². The molecule has 1 aliphatic heterocycles. The molecule has 0 bridgehead atoms. The summed E-state index contributed by atoms with van der Waals surface area (Å²) in [6.45, 7) is 5.89. The van der Waals surface area contributed by atoms with Crippen molar-refractivity contribution in [2.24, 2.45) is 0 Å². The van der Waals surface area contributed by atoms with Crippen molar-refractivity contribution >= 4 is 15.7 Å². The van der Waals surface area contributed by atoms with E-state index < -0.39 is 15.8 Å². The van der Waals surface area contributed by atoms with Gasteiger partial charge >= 0.3 is 0 Å². The Balaban J connectivity index is 1.53. The number of piperazine rings is 1. The highest BCUT2D eigenvalue weighted by Gasteiger charge is 2.30. The summed E-state index contributed by atoms with van der Waals surface area (Å²) in [6, 6.07) is 14.9. The molecule has 1 saturated heterocycles. The summed E-state index contributed by atoms with van der Waals surface area (Å²) in [4.78, 5) is 2.31. The van der Waals surface area contributed by atoms with Crippen molar-refractivity contribution in [3.63, 3.8) is 0 Å². The van der Waals surface area contributed by atoms with Gasteiger partial charge in [-0.25, -0.2) is 17.5 Å². The molecule has 6 nitrogen and oxygen atoms in total. The minimum absolute atomic E-state index is 0.122. The fourth-order valence-corrected chi connectivity index (χ4v) is 5.24. The number of hydrogen-bond acceptors (Lipinski definition) is 4. The smallest absolute Gasteiger partial charge is 0.243 e. The van der Waals surface area contributed by atoms with Gasteiger partial charge < -0.3 is 4.90 Å².